The molecule has 3 aromatic rings. The van der Waals surface area contributed by atoms with Crippen LogP contribution in [0.5, 0.6) is 0 Å². The molecule has 3 N–H and O–H groups in total. The highest BCUT2D eigenvalue weighted by atomic mass is 35.5. The zero-order valence-corrected chi connectivity index (χ0v) is 16.3. The van der Waals surface area contributed by atoms with Crippen LogP contribution in [0.1, 0.15) is 18.8 Å². The summed E-state index contributed by atoms with van der Waals surface area (Å²) < 4.78 is 32.9. The first-order valence-corrected chi connectivity index (χ1v) is 9.72. The summed E-state index contributed by atoms with van der Waals surface area (Å²) in [5, 5.41) is 14.7. The molecule has 0 aliphatic rings. The van der Waals surface area contributed by atoms with Crippen LogP contribution >= 0.6 is 12.4 Å². The zero-order chi connectivity index (χ0) is 18.6. The fourth-order valence-electron chi connectivity index (χ4n) is 2.62. The first kappa shape index (κ1) is 21.3. The first-order valence-electron chi connectivity index (χ1n) is 8.24. The lowest BCUT2D eigenvalue weighted by Crippen LogP contribution is -2.40. The maximum Gasteiger partial charge on any atom is 0.240 e. The van der Waals surface area contributed by atoms with Gasteiger partial charge in [-0.05, 0) is 42.6 Å². The molecule has 0 saturated heterocycles. The third-order valence-electron chi connectivity index (χ3n) is 3.94. The Balaban J connectivity index is 0.00000261. The van der Waals surface area contributed by atoms with Crippen molar-refractivity contribution < 1.29 is 17.9 Å². The Morgan fingerprint density at radius 1 is 1.19 bits per heavy atom. The monoisotopic (exact) mass is 411 g/mol. The molecule has 2 heterocycles. The predicted molar refractivity (Wildman–Crippen MR) is 105 cm³/mol. The normalized spacial score (nSPS) is 13.9. The number of hydrogen-bond donors (Lipinski definition) is 3. The highest BCUT2D eigenvalue weighted by Crippen LogP contribution is 2.18. The number of halogens is 1. The molecule has 0 saturated carbocycles. The van der Waals surface area contributed by atoms with Gasteiger partial charge in [-0.1, -0.05) is 6.07 Å². The Bertz CT molecular complexity index is 964. The molecule has 0 spiro atoms. The number of fused-ring (bicyclic) bond motifs is 1. The van der Waals surface area contributed by atoms with Gasteiger partial charge in [-0.15, -0.1) is 12.4 Å². The fraction of sp³-hybridized carbons (Fsp3) is 0.278. The minimum absolute atomic E-state index is 0. The molecule has 0 bridgehead atoms. The Kier molecular flexibility index (Phi) is 7.34. The van der Waals surface area contributed by atoms with Crippen LogP contribution in [0.15, 0.2) is 64.4 Å². The zero-order valence-electron chi connectivity index (χ0n) is 14.7. The number of aliphatic hydroxyl groups excluding tert-OH is 1. The minimum atomic E-state index is -3.64. The summed E-state index contributed by atoms with van der Waals surface area (Å²) in [5.41, 5.74) is 0. The first-order chi connectivity index (χ1) is 12.5. The molecule has 1 unspecified atom stereocenters. The molecule has 0 aliphatic heterocycles. The van der Waals surface area contributed by atoms with Gasteiger partial charge < -0.3 is 14.8 Å². The van der Waals surface area contributed by atoms with E-state index in [9.17, 15) is 13.5 Å². The summed E-state index contributed by atoms with van der Waals surface area (Å²) in [4.78, 5) is 4.23. The van der Waals surface area contributed by atoms with Crippen LogP contribution in [-0.2, 0) is 10.0 Å². The van der Waals surface area contributed by atoms with Crippen LogP contribution in [-0.4, -0.2) is 37.6 Å². The van der Waals surface area contributed by atoms with Crippen molar-refractivity contribution in [3.63, 3.8) is 0 Å². The molecule has 7 nitrogen and oxygen atoms in total. The second-order valence-corrected chi connectivity index (χ2v) is 7.81. The van der Waals surface area contributed by atoms with Crippen molar-refractivity contribution in [2.45, 2.75) is 24.0 Å². The molecule has 0 radical (unpaired) electrons. The van der Waals surface area contributed by atoms with Crippen molar-refractivity contribution in [1.29, 1.82) is 0 Å². The van der Waals surface area contributed by atoms with Crippen molar-refractivity contribution in [2.24, 2.45) is 0 Å². The maximum absolute atomic E-state index is 12.6. The van der Waals surface area contributed by atoms with Gasteiger partial charge in [0.1, 0.15) is 11.9 Å². The third kappa shape index (κ3) is 5.50. The van der Waals surface area contributed by atoms with Gasteiger partial charge in [-0.3, -0.25) is 4.98 Å². The number of nitrogens with zero attached hydrogens (tertiary/aromatic N) is 1. The molecule has 0 amide bonds. The molecule has 2 aromatic heterocycles. The lowest BCUT2D eigenvalue weighted by molar-refractivity contribution is 0.147. The number of pyridine rings is 1. The topological polar surface area (TPSA) is 104 Å². The van der Waals surface area contributed by atoms with E-state index >= 15 is 0 Å². The van der Waals surface area contributed by atoms with Crippen LogP contribution in [0.3, 0.4) is 0 Å². The van der Waals surface area contributed by atoms with E-state index in [2.05, 4.69) is 15.0 Å². The number of benzene rings is 1. The van der Waals surface area contributed by atoms with E-state index in [4.69, 9.17) is 4.42 Å². The van der Waals surface area contributed by atoms with Gasteiger partial charge in [-0.2, -0.15) is 0 Å². The smallest absolute Gasteiger partial charge is 0.240 e. The highest BCUT2D eigenvalue weighted by molar-refractivity contribution is 7.89. The van der Waals surface area contributed by atoms with Crippen LogP contribution in [0, 0.1) is 0 Å². The summed E-state index contributed by atoms with van der Waals surface area (Å²) >= 11 is 0. The van der Waals surface area contributed by atoms with Gasteiger partial charge in [0.05, 0.1) is 11.2 Å². The average molecular weight is 412 g/mol. The summed E-state index contributed by atoms with van der Waals surface area (Å²) in [6, 6.07) is 9.74. The molecule has 2 atom stereocenters. The van der Waals surface area contributed by atoms with Gasteiger partial charge in [0.25, 0.3) is 0 Å². The number of aliphatic hydroxyl groups is 1. The molecule has 146 valence electrons. The highest BCUT2D eigenvalue weighted by Gasteiger charge is 2.18. The Morgan fingerprint density at radius 2 is 2.00 bits per heavy atom. The molecule has 27 heavy (non-hydrogen) atoms. The van der Waals surface area contributed by atoms with E-state index < -0.39 is 16.1 Å². The second kappa shape index (κ2) is 9.29. The Hall–Kier alpha value is -1.97. The van der Waals surface area contributed by atoms with E-state index in [0.29, 0.717) is 12.3 Å². The van der Waals surface area contributed by atoms with Crippen LogP contribution < -0.4 is 10.0 Å². The predicted octanol–water partition coefficient (Wildman–Crippen LogP) is 2.24. The van der Waals surface area contributed by atoms with Crippen molar-refractivity contribution in [3.05, 3.63) is 60.8 Å². The fourth-order valence-corrected chi connectivity index (χ4v) is 3.90. The van der Waals surface area contributed by atoms with E-state index in [1.54, 1.807) is 55.7 Å². The Labute approximate surface area is 164 Å². The SMILES string of the molecule is C[C@H](CNCC(O)c1ccco1)NS(=O)(=O)c1ccc2cnccc2c1.Cl. The average Bonchev–Trinajstić information content (AvgIpc) is 3.15. The van der Waals surface area contributed by atoms with Crippen LogP contribution in [0.2, 0.25) is 0 Å². The van der Waals surface area contributed by atoms with E-state index in [1.165, 1.54) is 6.26 Å². The van der Waals surface area contributed by atoms with Crippen molar-refractivity contribution in [1.82, 2.24) is 15.0 Å². The molecular weight excluding hydrogens is 390 g/mol. The van der Waals surface area contributed by atoms with Crippen molar-refractivity contribution in [3.8, 4) is 0 Å². The Morgan fingerprint density at radius 3 is 2.74 bits per heavy atom. The van der Waals surface area contributed by atoms with Gasteiger partial charge in [0.15, 0.2) is 0 Å². The standard InChI is InChI=1S/C18H21N3O4S.ClH/c1-13(10-20-12-17(22)18-3-2-8-25-18)21-26(23,24)16-5-4-15-11-19-7-6-14(15)9-16;/h2-9,11,13,17,20-22H,10,12H2,1H3;1H/t13-,17?;/m1./s1. The summed E-state index contributed by atoms with van der Waals surface area (Å²) in [6.45, 7) is 2.39. The number of rotatable bonds is 8. The lowest BCUT2D eigenvalue weighted by atomic mass is 10.2. The van der Waals surface area contributed by atoms with Crippen LogP contribution in [0.25, 0.3) is 10.8 Å². The quantitative estimate of drug-likeness (QED) is 0.525. The van der Waals surface area contributed by atoms with Crippen molar-refractivity contribution >= 4 is 33.2 Å². The number of hydrogen-bond acceptors (Lipinski definition) is 6. The van der Waals surface area contributed by atoms with E-state index in [-0.39, 0.29) is 29.9 Å². The molecular formula is C18H22ClN3O4S. The summed E-state index contributed by atoms with van der Waals surface area (Å²) in [5.74, 6) is 0.469. The number of aromatic nitrogens is 1. The molecule has 3 rings (SSSR count). The van der Waals surface area contributed by atoms with Crippen LogP contribution in [0.4, 0.5) is 0 Å². The number of nitrogens with one attached hydrogen (secondary N) is 2. The number of furan rings is 1. The van der Waals surface area contributed by atoms with Gasteiger partial charge in [-0.25, -0.2) is 13.1 Å². The molecule has 9 heteroatoms. The molecule has 0 aliphatic carbocycles. The minimum Gasteiger partial charge on any atom is -0.467 e. The van der Waals surface area contributed by atoms with Gasteiger partial charge in [0, 0.05) is 36.9 Å². The van der Waals surface area contributed by atoms with Crippen molar-refractivity contribution in [2.75, 3.05) is 13.1 Å². The maximum atomic E-state index is 12.6. The lowest BCUT2D eigenvalue weighted by Gasteiger charge is -2.16. The molecule has 1 aromatic carbocycles. The second-order valence-electron chi connectivity index (χ2n) is 6.10. The largest absolute Gasteiger partial charge is 0.467 e. The molecule has 0 fully saturated rings. The van der Waals surface area contributed by atoms with Gasteiger partial charge >= 0.3 is 0 Å². The summed E-state index contributed by atoms with van der Waals surface area (Å²) in [7, 11) is -3.64. The van der Waals surface area contributed by atoms with Gasteiger partial charge in [0.2, 0.25) is 10.0 Å². The van der Waals surface area contributed by atoms with E-state index in [0.717, 1.165) is 10.8 Å². The van der Waals surface area contributed by atoms with E-state index in [1.807, 2.05) is 0 Å². The number of sulfonamides is 1. The third-order valence-corrected chi connectivity index (χ3v) is 5.53. The summed E-state index contributed by atoms with van der Waals surface area (Å²) in [6.07, 6.45) is 4.04.